The van der Waals surface area contributed by atoms with Crippen LogP contribution in [0.4, 0.5) is 17.3 Å². The fraction of sp³-hybridized carbons (Fsp3) is 0.500. The summed E-state index contributed by atoms with van der Waals surface area (Å²) in [6.45, 7) is 7.59. The number of ether oxygens (including phenoxy) is 1. The molecule has 34 heavy (non-hydrogen) atoms. The quantitative estimate of drug-likeness (QED) is 0.572. The first-order chi connectivity index (χ1) is 16.6. The molecular weight excluding hydrogens is 426 g/mol. The molecule has 2 fully saturated rings. The summed E-state index contributed by atoms with van der Waals surface area (Å²) in [6.07, 6.45) is 7.85. The van der Waals surface area contributed by atoms with E-state index in [4.69, 9.17) is 15.5 Å². The lowest BCUT2D eigenvalue weighted by Gasteiger charge is -2.33. The number of pyridine rings is 2. The third-order valence-corrected chi connectivity index (χ3v) is 6.50. The van der Waals surface area contributed by atoms with Crippen molar-refractivity contribution in [1.29, 1.82) is 0 Å². The van der Waals surface area contributed by atoms with Gasteiger partial charge in [0.2, 0.25) is 0 Å². The van der Waals surface area contributed by atoms with Crippen molar-refractivity contribution in [2.24, 2.45) is 11.7 Å². The maximum atomic E-state index is 6.31. The van der Waals surface area contributed by atoms with Gasteiger partial charge in [0, 0.05) is 62.0 Å². The largest absolute Gasteiger partial charge is 0.381 e. The van der Waals surface area contributed by atoms with E-state index in [1.165, 1.54) is 0 Å². The maximum absolute atomic E-state index is 6.31. The predicted octanol–water partition coefficient (Wildman–Crippen LogP) is 3.86. The van der Waals surface area contributed by atoms with Crippen LogP contribution in [-0.2, 0) is 4.74 Å². The summed E-state index contributed by atoms with van der Waals surface area (Å²) in [7, 11) is 0. The molecule has 0 amide bonds. The molecule has 0 aliphatic carbocycles. The van der Waals surface area contributed by atoms with Crippen LogP contribution >= 0.6 is 0 Å². The van der Waals surface area contributed by atoms with E-state index in [2.05, 4.69) is 52.1 Å². The first kappa shape index (κ1) is 22.6. The van der Waals surface area contributed by atoms with Crippen LogP contribution in [0.3, 0.4) is 0 Å². The van der Waals surface area contributed by atoms with Gasteiger partial charge in [0.05, 0.1) is 17.4 Å². The van der Waals surface area contributed by atoms with Crippen molar-refractivity contribution in [2.45, 2.75) is 51.6 Å². The highest BCUT2D eigenvalue weighted by molar-refractivity contribution is 5.77. The Morgan fingerprint density at radius 3 is 2.79 bits per heavy atom. The average molecular weight is 460 g/mol. The Morgan fingerprint density at radius 2 is 2.00 bits per heavy atom. The molecule has 0 unspecified atom stereocenters. The van der Waals surface area contributed by atoms with Gasteiger partial charge in [-0.05, 0) is 51.7 Å². The highest BCUT2D eigenvalue weighted by atomic mass is 16.5. The topological polar surface area (TPSA) is 94.1 Å². The van der Waals surface area contributed by atoms with Crippen molar-refractivity contribution < 1.29 is 4.74 Å². The molecule has 0 radical (unpaired) electrons. The molecule has 0 spiro atoms. The number of hydrogen-bond acceptors (Lipinski definition) is 7. The molecule has 2 aliphatic rings. The molecule has 0 bridgehead atoms. The third-order valence-electron chi connectivity index (χ3n) is 6.50. The Labute approximate surface area is 200 Å². The second-order valence-electron chi connectivity index (χ2n) is 9.51. The Kier molecular flexibility index (Phi) is 6.66. The lowest BCUT2D eigenvalue weighted by molar-refractivity contribution is 0.0807. The molecule has 3 aromatic rings. The average Bonchev–Trinajstić information content (AvgIpc) is 3.27. The van der Waals surface area contributed by atoms with Gasteiger partial charge in [-0.25, -0.2) is 14.6 Å². The fourth-order valence-corrected chi connectivity index (χ4v) is 4.62. The number of piperidine rings is 1. The molecule has 3 N–H and O–H groups in total. The summed E-state index contributed by atoms with van der Waals surface area (Å²) in [4.78, 5) is 11.8. The van der Waals surface area contributed by atoms with E-state index in [0.29, 0.717) is 5.92 Å². The summed E-state index contributed by atoms with van der Waals surface area (Å²) < 4.78 is 7.41. The molecule has 178 valence electrons. The van der Waals surface area contributed by atoms with Crippen LogP contribution in [0.5, 0.6) is 0 Å². The van der Waals surface area contributed by atoms with Gasteiger partial charge >= 0.3 is 0 Å². The number of fused-ring (bicyclic) bond motifs is 1. The molecule has 5 heterocycles. The van der Waals surface area contributed by atoms with Crippen LogP contribution in [0, 0.1) is 17.8 Å². The van der Waals surface area contributed by atoms with Crippen LogP contribution < -0.4 is 16.0 Å². The van der Waals surface area contributed by atoms with Crippen LogP contribution in [0.2, 0.25) is 0 Å². The van der Waals surface area contributed by atoms with Crippen molar-refractivity contribution >= 4 is 28.4 Å². The molecule has 5 rings (SSSR count). The third kappa shape index (κ3) is 5.01. The van der Waals surface area contributed by atoms with Gasteiger partial charge in [0.1, 0.15) is 11.6 Å². The van der Waals surface area contributed by atoms with Crippen molar-refractivity contribution in [1.82, 2.24) is 19.7 Å². The van der Waals surface area contributed by atoms with Crippen LogP contribution in [0.25, 0.3) is 11.0 Å². The molecule has 2 aliphatic heterocycles. The minimum atomic E-state index is 0.176. The minimum Gasteiger partial charge on any atom is -0.381 e. The van der Waals surface area contributed by atoms with Crippen LogP contribution in [0.1, 0.15) is 51.1 Å². The predicted molar refractivity (Wildman–Crippen MR) is 135 cm³/mol. The van der Waals surface area contributed by atoms with Gasteiger partial charge in [-0.3, -0.25) is 0 Å². The summed E-state index contributed by atoms with van der Waals surface area (Å²) in [5.74, 6) is 8.75. The Balaban J connectivity index is 1.45. The second-order valence-corrected chi connectivity index (χ2v) is 9.51. The van der Waals surface area contributed by atoms with Gasteiger partial charge < -0.3 is 20.7 Å². The molecule has 8 heteroatoms. The number of nitrogens with two attached hydrogens (primary N) is 1. The van der Waals surface area contributed by atoms with Crippen molar-refractivity contribution in [3.05, 3.63) is 36.2 Å². The van der Waals surface area contributed by atoms with Crippen molar-refractivity contribution in [3.8, 4) is 11.8 Å². The molecule has 2 saturated heterocycles. The zero-order valence-corrected chi connectivity index (χ0v) is 20.0. The van der Waals surface area contributed by atoms with Crippen LogP contribution in [-0.4, -0.2) is 52.1 Å². The van der Waals surface area contributed by atoms with E-state index in [1.54, 1.807) is 0 Å². The minimum absolute atomic E-state index is 0.176. The standard InChI is InChI=1S/C26H33N7O/c1-18(2)33-26-21(16-29-33)7-8-24(31-26)30-25-14-23(32-11-3-4-22(27)17-32)20(15-28-25)6-5-19-9-12-34-13-10-19/h7-8,14-16,18-19,22H,3-4,9-13,17,27H2,1-2H3,(H,28,30,31)/t22-/m0/s1. The Morgan fingerprint density at radius 1 is 1.15 bits per heavy atom. The van der Waals surface area contributed by atoms with E-state index in [1.807, 2.05) is 29.2 Å². The summed E-state index contributed by atoms with van der Waals surface area (Å²) in [5.41, 5.74) is 9.20. The molecule has 8 nitrogen and oxygen atoms in total. The summed E-state index contributed by atoms with van der Waals surface area (Å²) in [5, 5.41) is 8.88. The summed E-state index contributed by atoms with van der Waals surface area (Å²) in [6, 6.07) is 6.50. The van der Waals surface area contributed by atoms with E-state index in [-0.39, 0.29) is 12.1 Å². The van der Waals surface area contributed by atoms with E-state index in [9.17, 15) is 0 Å². The van der Waals surface area contributed by atoms with Gasteiger partial charge in [0.15, 0.2) is 5.65 Å². The number of anilines is 3. The molecule has 0 aromatic carbocycles. The van der Waals surface area contributed by atoms with E-state index in [0.717, 1.165) is 85.9 Å². The first-order valence-corrected chi connectivity index (χ1v) is 12.3. The van der Waals surface area contributed by atoms with Crippen molar-refractivity contribution in [3.63, 3.8) is 0 Å². The molecule has 0 saturated carbocycles. The zero-order chi connectivity index (χ0) is 23.5. The number of nitrogens with one attached hydrogen (secondary N) is 1. The number of aromatic nitrogens is 4. The SMILES string of the molecule is CC(C)n1ncc2ccc(Nc3cc(N4CCC[C@H](N)C4)c(C#CC4CCOCC4)cn3)nc21. The van der Waals surface area contributed by atoms with Gasteiger partial charge in [-0.2, -0.15) is 5.10 Å². The zero-order valence-electron chi connectivity index (χ0n) is 20.0. The Bertz CT molecular complexity index is 1200. The highest BCUT2D eigenvalue weighted by Gasteiger charge is 2.20. The van der Waals surface area contributed by atoms with Crippen molar-refractivity contribution in [2.75, 3.05) is 36.5 Å². The molecule has 3 aromatic heterocycles. The maximum Gasteiger partial charge on any atom is 0.160 e. The number of nitrogens with zero attached hydrogens (tertiary/aromatic N) is 5. The number of hydrogen-bond donors (Lipinski definition) is 2. The van der Waals surface area contributed by atoms with E-state index < -0.39 is 0 Å². The lowest BCUT2D eigenvalue weighted by atomic mass is 10.0. The van der Waals surface area contributed by atoms with Crippen LogP contribution in [0.15, 0.2) is 30.6 Å². The number of rotatable bonds is 4. The smallest absolute Gasteiger partial charge is 0.160 e. The summed E-state index contributed by atoms with van der Waals surface area (Å²) >= 11 is 0. The monoisotopic (exact) mass is 459 g/mol. The van der Waals surface area contributed by atoms with E-state index >= 15 is 0 Å². The second kappa shape index (κ2) is 10.00. The highest BCUT2D eigenvalue weighted by Crippen LogP contribution is 2.28. The molecular formula is C26H33N7O. The lowest BCUT2D eigenvalue weighted by Crippen LogP contribution is -2.43. The first-order valence-electron chi connectivity index (χ1n) is 12.3. The molecule has 1 atom stereocenters. The van der Waals surface area contributed by atoms with Gasteiger partial charge in [-0.1, -0.05) is 11.8 Å². The Hall–Kier alpha value is -3.15. The van der Waals surface area contributed by atoms with Gasteiger partial charge in [0.25, 0.3) is 0 Å². The van der Waals surface area contributed by atoms with Gasteiger partial charge in [-0.15, -0.1) is 0 Å². The normalized spacial score (nSPS) is 19.3. The fourth-order valence-electron chi connectivity index (χ4n) is 4.62.